The summed E-state index contributed by atoms with van der Waals surface area (Å²) in [6.07, 6.45) is 0.849. The average molecular weight is 294 g/mol. The maximum absolute atomic E-state index is 12.0. The maximum atomic E-state index is 12.0. The number of hydrogen-bond donors (Lipinski definition) is 2. The van der Waals surface area contributed by atoms with Gasteiger partial charge in [-0.3, -0.25) is 14.9 Å². The lowest BCUT2D eigenvalue weighted by Gasteiger charge is -2.23. The predicted molar refractivity (Wildman–Crippen MR) is 76.4 cm³/mol. The maximum Gasteiger partial charge on any atom is 0.282 e. The van der Waals surface area contributed by atoms with Crippen molar-refractivity contribution in [2.45, 2.75) is 6.42 Å². The minimum absolute atomic E-state index is 0.112. The van der Waals surface area contributed by atoms with Gasteiger partial charge in [-0.05, 0) is 6.07 Å². The van der Waals surface area contributed by atoms with Crippen LogP contribution in [0.1, 0.15) is 16.8 Å². The number of amides is 1. The van der Waals surface area contributed by atoms with Crippen molar-refractivity contribution in [3.05, 3.63) is 39.9 Å². The molecule has 7 nitrogen and oxygen atoms in total. The van der Waals surface area contributed by atoms with Crippen LogP contribution in [0.4, 0.5) is 5.69 Å². The molecule has 0 bridgehead atoms. The Labute approximate surface area is 123 Å². The van der Waals surface area contributed by atoms with E-state index in [-0.39, 0.29) is 17.2 Å². The number of quaternary nitrogens is 1. The first-order chi connectivity index (χ1) is 10.2. The largest absolute Gasteiger partial charge is 0.370 e. The molecule has 0 saturated carbocycles. The van der Waals surface area contributed by atoms with Gasteiger partial charge in [-0.1, -0.05) is 12.1 Å². The van der Waals surface area contributed by atoms with Crippen LogP contribution in [0.2, 0.25) is 0 Å². The van der Waals surface area contributed by atoms with E-state index in [1.807, 2.05) is 0 Å². The van der Waals surface area contributed by atoms with Crippen LogP contribution in [0, 0.1) is 10.1 Å². The van der Waals surface area contributed by atoms with E-state index in [4.69, 9.17) is 4.74 Å². The third-order valence-electron chi connectivity index (χ3n) is 3.54. The molecule has 1 aliphatic rings. The zero-order chi connectivity index (χ0) is 15.1. The lowest BCUT2D eigenvalue weighted by molar-refractivity contribution is -0.908. The molecular formula is C14H20N3O4+. The summed E-state index contributed by atoms with van der Waals surface area (Å²) in [5.41, 5.74) is -0.0463. The standard InChI is InChI=1S/C14H19N3O4/c18-14(12-4-1-2-5-13(12)17(19)20)15-6-3-7-16-8-10-21-11-9-16/h1-2,4-5H,3,6-11H2,(H,15,18)/p+1. The number of benzene rings is 1. The molecule has 21 heavy (non-hydrogen) atoms. The number of carbonyl (C=O) groups is 1. The van der Waals surface area contributed by atoms with Crippen LogP contribution in [-0.2, 0) is 4.74 Å². The fraction of sp³-hybridized carbons (Fsp3) is 0.500. The van der Waals surface area contributed by atoms with Crippen LogP contribution >= 0.6 is 0 Å². The van der Waals surface area contributed by atoms with Crippen LogP contribution < -0.4 is 10.2 Å². The summed E-state index contributed by atoms with van der Waals surface area (Å²) in [6.45, 7) is 5.07. The molecule has 0 radical (unpaired) electrons. The SMILES string of the molecule is O=C(NCCC[NH+]1CCOCC1)c1ccccc1[N+](=O)[O-]. The smallest absolute Gasteiger partial charge is 0.282 e. The van der Waals surface area contributed by atoms with Crippen molar-refractivity contribution in [2.75, 3.05) is 39.4 Å². The van der Waals surface area contributed by atoms with Gasteiger partial charge in [0.25, 0.3) is 11.6 Å². The number of hydrogen-bond acceptors (Lipinski definition) is 4. The summed E-state index contributed by atoms with van der Waals surface area (Å²) in [7, 11) is 0. The van der Waals surface area contributed by atoms with Gasteiger partial charge < -0.3 is 15.0 Å². The molecule has 0 unspecified atom stereocenters. The fourth-order valence-electron chi connectivity index (χ4n) is 2.37. The first-order valence-corrected chi connectivity index (χ1v) is 7.11. The van der Waals surface area contributed by atoms with Crippen LogP contribution in [0.3, 0.4) is 0 Å². The molecule has 0 aliphatic carbocycles. The first-order valence-electron chi connectivity index (χ1n) is 7.11. The number of carbonyl (C=O) groups excluding carboxylic acids is 1. The number of nitrogens with one attached hydrogen (secondary N) is 2. The van der Waals surface area contributed by atoms with Crippen LogP contribution in [0.25, 0.3) is 0 Å². The molecule has 0 spiro atoms. The van der Waals surface area contributed by atoms with Gasteiger partial charge in [-0.25, -0.2) is 0 Å². The molecule has 114 valence electrons. The second-order valence-electron chi connectivity index (χ2n) is 5.00. The highest BCUT2D eigenvalue weighted by Gasteiger charge is 2.19. The minimum atomic E-state index is -0.535. The van der Waals surface area contributed by atoms with Gasteiger partial charge in [0.05, 0.1) is 24.7 Å². The summed E-state index contributed by atoms with van der Waals surface area (Å²) in [5, 5.41) is 13.6. The van der Waals surface area contributed by atoms with E-state index < -0.39 is 4.92 Å². The summed E-state index contributed by atoms with van der Waals surface area (Å²) < 4.78 is 5.28. The summed E-state index contributed by atoms with van der Waals surface area (Å²) in [4.78, 5) is 23.8. The van der Waals surface area contributed by atoms with Crippen LogP contribution in [0.5, 0.6) is 0 Å². The van der Waals surface area contributed by atoms with Crippen molar-refractivity contribution in [2.24, 2.45) is 0 Å². The van der Waals surface area contributed by atoms with Gasteiger partial charge >= 0.3 is 0 Å². The molecule has 1 aromatic rings. The van der Waals surface area contributed by atoms with Gasteiger partial charge in [0.1, 0.15) is 18.7 Å². The van der Waals surface area contributed by atoms with Gasteiger partial charge in [0.2, 0.25) is 0 Å². The molecular weight excluding hydrogens is 274 g/mol. The lowest BCUT2D eigenvalue weighted by Crippen LogP contribution is -3.14. The van der Waals surface area contributed by atoms with Crippen molar-refractivity contribution in [1.29, 1.82) is 0 Å². The van der Waals surface area contributed by atoms with Gasteiger partial charge in [-0.2, -0.15) is 0 Å². The topological polar surface area (TPSA) is 85.9 Å². The van der Waals surface area contributed by atoms with Gasteiger partial charge in [0, 0.05) is 19.0 Å². The van der Waals surface area contributed by atoms with Crippen molar-refractivity contribution >= 4 is 11.6 Å². The second-order valence-corrected chi connectivity index (χ2v) is 5.00. The Morgan fingerprint density at radius 1 is 1.33 bits per heavy atom. The van der Waals surface area contributed by atoms with Crippen molar-refractivity contribution < 1.29 is 19.4 Å². The summed E-state index contributed by atoms with van der Waals surface area (Å²) in [6, 6.07) is 5.99. The van der Waals surface area contributed by atoms with E-state index in [9.17, 15) is 14.9 Å². The number of rotatable bonds is 6. The van der Waals surface area contributed by atoms with E-state index in [0.717, 1.165) is 39.3 Å². The second kappa shape index (κ2) is 7.70. The monoisotopic (exact) mass is 294 g/mol. The Hall–Kier alpha value is -1.99. The number of ether oxygens (including phenoxy) is 1. The van der Waals surface area contributed by atoms with Gasteiger partial charge in [-0.15, -0.1) is 0 Å². The molecule has 1 aromatic carbocycles. The van der Waals surface area contributed by atoms with E-state index in [0.29, 0.717) is 6.54 Å². The molecule has 1 heterocycles. The third-order valence-corrected chi connectivity index (χ3v) is 3.54. The van der Waals surface area contributed by atoms with E-state index in [1.165, 1.54) is 17.0 Å². The molecule has 1 saturated heterocycles. The number of nitro groups is 1. The number of morpholine rings is 1. The zero-order valence-electron chi connectivity index (χ0n) is 11.8. The molecule has 1 amide bonds. The molecule has 7 heteroatoms. The summed E-state index contributed by atoms with van der Waals surface area (Å²) >= 11 is 0. The van der Waals surface area contributed by atoms with E-state index >= 15 is 0 Å². The normalized spacial score (nSPS) is 15.6. The van der Waals surface area contributed by atoms with E-state index in [1.54, 1.807) is 12.1 Å². The first kappa shape index (κ1) is 15.4. The Morgan fingerprint density at radius 2 is 2.05 bits per heavy atom. The molecule has 1 fully saturated rings. The van der Waals surface area contributed by atoms with Crippen molar-refractivity contribution in [1.82, 2.24) is 5.32 Å². The van der Waals surface area contributed by atoms with E-state index in [2.05, 4.69) is 5.32 Å². The highest BCUT2D eigenvalue weighted by molar-refractivity contribution is 5.98. The van der Waals surface area contributed by atoms with Gasteiger partial charge in [0.15, 0.2) is 0 Å². The Kier molecular flexibility index (Phi) is 5.65. The number of nitrogens with zero attached hydrogens (tertiary/aromatic N) is 1. The van der Waals surface area contributed by atoms with Crippen LogP contribution in [-0.4, -0.2) is 50.2 Å². The average Bonchev–Trinajstić information content (AvgIpc) is 2.52. The number of nitro benzene ring substituents is 1. The van der Waals surface area contributed by atoms with Crippen molar-refractivity contribution in [3.8, 4) is 0 Å². The fourth-order valence-corrected chi connectivity index (χ4v) is 2.37. The third kappa shape index (κ3) is 4.51. The molecule has 2 rings (SSSR count). The Bertz CT molecular complexity index is 501. The molecule has 0 atom stereocenters. The molecule has 0 aromatic heterocycles. The number of para-hydroxylation sites is 1. The molecule has 2 N–H and O–H groups in total. The highest BCUT2D eigenvalue weighted by Crippen LogP contribution is 2.17. The van der Waals surface area contributed by atoms with Crippen LogP contribution in [0.15, 0.2) is 24.3 Å². The molecule has 1 aliphatic heterocycles. The predicted octanol–water partition coefficient (Wildman–Crippen LogP) is -0.370. The van der Waals surface area contributed by atoms with Crippen molar-refractivity contribution in [3.63, 3.8) is 0 Å². The zero-order valence-corrected chi connectivity index (χ0v) is 11.8. The quantitative estimate of drug-likeness (QED) is 0.426. The Morgan fingerprint density at radius 3 is 2.76 bits per heavy atom. The minimum Gasteiger partial charge on any atom is -0.370 e. The Balaban J connectivity index is 1.78. The highest BCUT2D eigenvalue weighted by atomic mass is 16.6. The lowest BCUT2D eigenvalue weighted by atomic mass is 10.1. The summed E-state index contributed by atoms with van der Waals surface area (Å²) in [5.74, 6) is -0.390.